The third kappa shape index (κ3) is 1.99. The van der Waals surface area contributed by atoms with Crippen molar-refractivity contribution < 1.29 is 13.2 Å². The molecule has 0 radical (unpaired) electrons. The second-order valence-corrected chi connectivity index (χ2v) is 5.39. The number of halogens is 4. The first-order chi connectivity index (χ1) is 8.02. The number of hydrogen-bond acceptors (Lipinski definition) is 1. The Morgan fingerprint density at radius 3 is 2.29 bits per heavy atom. The van der Waals surface area contributed by atoms with E-state index in [0.29, 0.717) is 12.8 Å². The minimum atomic E-state index is -1.10. The lowest BCUT2D eigenvalue weighted by Crippen LogP contribution is -2.34. The SMILES string of the molecule is NCC1(c2c(F)c(F)cc(Br)c2F)CCCC1. The zero-order chi connectivity index (χ0) is 12.6. The van der Waals surface area contributed by atoms with Crippen molar-refractivity contribution in [2.45, 2.75) is 31.1 Å². The molecule has 0 saturated heterocycles. The molecule has 1 aromatic carbocycles. The first kappa shape index (κ1) is 12.9. The Balaban J connectivity index is 2.65. The van der Waals surface area contributed by atoms with E-state index < -0.39 is 22.9 Å². The monoisotopic (exact) mass is 307 g/mol. The van der Waals surface area contributed by atoms with Crippen molar-refractivity contribution in [2.24, 2.45) is 5.73 Å². The highest BCUT2D eigenvalue weighted by molar-refractivity contribution is 9.10. The van der Waals surface area contributed by atoms with Crippen LogP contribution in [0.25, 0.3) is 0 Å². The fourth-order valence-electron chi connectivity index (χ4n) is 2.65. The van der Waals surface area contributed by atoms with Crippen LogP contribution in [0.15, 0.2) is 10.5 Å². The van der Waals surface area contributed by atoms with Crippen LogP contribution in [-0.2, 0) is 5.41 Å². The lowest BCUT2D eigenvalue weighted by atomic mass is 9.78. The molecule has 1 aliphatic rings. The quantitative estimate of drug-likeness (QED) is 0.830. The van der Waals surface area contributed by atoms with E-state index in [-0.39, 0.29) is 16.6 Å². The maximum atomic E-state index is 14.0. The van der Waals surface area contributed by atoms with Gasteiger partial charge >= 0.3 is 0 Å². The molecule has 1 nitrogen and oxygen atoms in total. The summed E-state index contributed by atoms with van der Waals surface area (Å²) in [5, 5.41) is 0. The first-order valence-electron chi connectivity index (χ1n) is 5.55. The van der Waals surface area contributed by atoms with Crippen molar-refractivity contribution in [3.8, 4) is 0 Å². The van der Waals surface area contributed by atoms with Crippen molar-refractivity contribution in [1.82, 2.24) is 0 Å². The summed E-state index contributed by atoms with van der Waals surface area (Å²) in [6.07, 6.45) is 2.94. The topological polar surface area (TPSA) is 26.0 Å². The molecule has 0 unspecified atom stereocenters. The Bertz CT molecular complexity index is 416. The van der Waals surface area contributed by atoms with Crippen LogP contribution in [-0.4, -0.2) is 6.54 Å². The number of hydrogen-bond donors (Lipinski definition) is 1. The number of benzene rings is 1. The van der Waals surface area contributed by atoms with Crippen LogP contribution in [0.5, 0.6) is 0 Å². The molecule has 0 amide bonds. The van der Waals surface area contributed by atoms with E-state index in [1.165, 1.54) is 0 Å². The van der Waals surface area contributed by atoms with Gasteiger partial charge < -0.3 is 5.73 Å². The summed E-state index contributed by atoms with van der Waals surface area (Å²) in [4.78, 5) is 0. The molecule has 0 atom stereocenters. The minimum absolute atomic E-state index is 0.0499. The zero-order valence-electron chi connectivity index (χ0n) is 9.20. The lowest BCUT2D eigenvalue weighted by molar-refractivity contribution is 0.382. The summed E-state index contributed by atoms with van der Waals surface area (Å²) in [7, 11) is 0. The maximum Gasteiger partial charge on any atom is 0.165 e. The number of nitrogens with two attached hydrogens (primary N) is 1. The van der Waals surface area contributed by atoms with Crippen LogP contribution < -0.4 is 5.73 Å². The Kier molecular flexibility index (Phi) is 3.50. The molecule has 2 N–H and O–H groups in total. The lowest BCUT2D eigenvalue weighted by Gasteiger charge is -2.29. The van der Waals surface area contributed by atoms with Crippen LogP contribution >= 0.6 is 15.9 Å². The van der Waals surface area contributed by atoms with E-state index in [1.54, 1.807) is 0 Å². The smallest absolute Gasteiger partial charge is 0.165 e. The average Bonchev–Trinajstić information content (AvgIpc) is 2.77. The highest BCUT2D eigenvalue weighted by atomic mass is 79.9. The van der Waals surface area contributed by atoms with Crippen molar-refractivity contribution >= 4 is 15.9 Å². The van der Waals surface area contributed by atoms with Gasteiger partial charge in [0.2, 0.25) is 0 Å². The molecule has 94 valence electrons. The Hall–Kier alpha value is -0.550. The van der Waals surface area contributed by atoms with Crippen molar-refractivity contribution in [3.63, 3.8) is 0 Å². The first-order valence-corrected chi connectivity index (χ1v) is 6.35. The molecule has 0 bridgehead atoms. The van der Waals surface area contributed by atoms with Crippen LogP contribution in [0.3, 0.4) is 0 Å². The van der Waals surface area contributed by atoms with Crippen molar-refractivity contribution in [1.29, 1.82) is 0 Å². The van der Waals surface area contributed by atoms with Crippen molar-refractivity contribution in [2.75, 3.05) is 6.54 Å². The largest absolute Gasteiger partial charge is 0.330 e. The molecule has 0 heterocycles. The van der Waals surface area contributed by atoms with Crippen molar-refractivity contribution in [3.05, 3.63) is 33.6 Å². The molecule has 1 aliphatic carbocycles. The highest BCUT2D eigenvalue weighted by Gasteiger charge is 2.40. The van der Waals surface area contributed by atoms with Gasteiger partial charge in [0.05, 0.1) is 4.47 Å². The van der Waals surface area contributed by atoms with Gasteiger partial charge in [-0.15, -0.1) is 0 Å². The second-order valence-electron chi connectivity index (χ2n) is 4.53. The molecule has 0 aliphatic heterocycles. The fourth-order valence-corrected chi connectivity index (χ4v) is 3.05. The zero-order valence-corrected chi connectivity index (χ0v) is 10.8. The van der Waals surface area contributed by atoms with Gasteiger partial charge in [-0.2, -0.15) is 0 Å². The average molecular weight is 308 g/mol. The summed E-state index contributed by atoms with van der Waals surface area (Å²) in [5.41, 5.74) is 4.73. The number of rotatable bonds is 2. The summed E-state index contributed by atoms with van der Waals surface area (Å²) in [5.74, 6) is -2.86. The highest BCUT2D eigenvalue weighted by Crippen LogP contribution is 2.44. The molecule has 0 spiro atoms. The van der Waals surface area contributed by atoms with Gasteiger partial charge in [0.1, 0.15) is 5.82 Å². The molecule has 1 aromatic rings. The minimum Gasteiger partial charge on any atom is -0.330 e. The van der Waals surface area contributed by atoms with Crippen LogP contribution in [0.2, 0.25) is 0 Å². The molecular weight excluding hydrogens is 295 g/mol. The molecule has 1 fully saturated rings. The van der Waals surface area contributed by atoms with E-state index in [9.17, 15) is 13.2 Å². The maximum absolute atomic E-state index is 14.0. The molecule has 17 heavy (non-hydrogen) atoms. The normalized spacial score (nSPS) is 18.6. The predicted octanol–water partition coefficient (Wildman–Crippen LogP) is 3.64. The summed E-state index contributed by atoms with van der Waals surface area (Å²) in [6, 6.07) is 0.813. The van der Waals surface area contributed by atoms with Gasteiger partial charge in [-0.3, -0.25) is 0 Å². The van der Waals surface area contributed by atoms with Gasteiger partial charge in [-0.05, 0) is 34.8 Å². The van der Waals surface area contributed by atoms with E-state index in [4.69, 9.17) is 5.73 Å². The Morgan fingerprint density at radius 1 is 1.18 bits per heavy atom. The van der Waals surface area contributed by atoms with Gasteiger partial charge in [0, 0.05) is 17.5 Å². The van der Waals surface area contributed by atoms with Gasteiger partial charge in [0.25, 0.3) is 0 Å². The van der Waals surface area contributed by atoms with E-state index in [2.05, 4.69) is 15.9 Å². The van der Waals surface area contributed by atoms with Crippen LogP contribution in [0, 0.1) is 17.5 Å². The third-order valence-electron chi connectivity index (χ3n) is 3.59. The molecule has 0 aromatic heterocycles. The van der Waals surface area contributed by atoms with Crippen LogP contribution in [0.1, 0.15) is 31.2 Å². The second kappa shape index (κ2) is 4.61. The predicted molar refractivity (Wildman–Crippen MR) is 63.2 cm³/mol. The molecule has 5 heteroatoms. The standard InChI is InChI=1S/C12H13BrF3N/c13-7-5-8(14)11(16)9(10(7)15)12(6-17)3-1-2-4-12/h5H,1-4,6,17H2. The van der Waals surface area contributed by atoms with Gasteiger partial charge in [0.15, 0.2) is 11.6 Å². The molecule has 1 saturated carbocycles. The van der Waals surface area contributed by atoms with E-state index in [0.717, 1.165) is 18.9 Å². The molecule has 2 rings (SSSR count). The fraction of sp³-hybridized carbons (Fsp3) is 0.500. The summed E-state index contributed by atoms with van der Waals surface area (Å²) < 4.78 is 41.2. The van der Waals surface area contributed by atoms with Gasteiger partial charge in [-0.25, -0.2) is 13.2 Å². The third-order valence-corrected chi connectivity index (χ3v) is 4.17. The van der Waals surface area contributed by atoms with Gasteiger partial charge in [-0.1, -0.05) is 12.8 Å². The Morgan fingerprint density at radius 2 is 1.76 bits per heavy atom. The summed E-state index contributed by atoms with van der Waals surface area (Å²) >= 11 is 2.91. The Labute approximate surface area is 106 Å². The van der Waals surface area contributed by atoms with Crippen LogP contribution in [0.4, 0.5) is 13.2 Å². The van der Waals surface area contributed by atoms with E-state index >= 15 is 0 Å². The van der Waals surface area contributed by atoms with E-state index in [1.807, 2.05) is 0 Å². The summed E-state index contributed by atoms with van der Waals surface area (Å²) in [6.45, 7) is 0.136. The molecular formula is C12H13BrF3N.